The highest BCUT2D eigenvalue weighted by atomic mass is 16.6. The minimum absolute atomic E-state index is 0.00763. The van der Waals surface area contributed by atoms with E-state index in [-0.39, 0.29) is 26.1 Å². The maximum Gasteiger partial charge on any atom is 0.410 e. The lowest BCUT2D eigenvalue weighted by Gasteiger charge is -2.19. The molecule has 0 N–H and O–H groups in total. The predicted molar refractivity (Wildman–Crippen MR) is 57.2 cm³/mol. The molecule has 0 saturated carbocycles. The van der Waals surface area contributed by atoms with Crippen LogP contribution < -0.4 is 0 Å². The lowest BCUT2D eigenvalue weighted by molar-refractivity contribution is -0.144. The summed E-state index contributed by atoms with van der Waals surface area (Å²) in [7, 11) is 2.46. The molecule has 17 heavy (non-hydrogen) atoms. The molecule has 0 aliphatic rings. The van der Waals surface area contributed by atoms with E-state index in [9.17, 15) is 14.4 Å². The van der Waals surface area contributed by atoms with Crippen LogP contribution in [0.4, 0.5) is 4.79 Å². The molecule has 0 fully saturated rings. The second kappa shape index (κ2) is 8.37. The highest BCUT2D eigenvalue weighted by molar-refractivity contribution is 5.78. The summed E-state index contributed by atoms with van der Waals surface area (Å²) in [4.78, 5) is 34.5. The standard InChI is InChI=1S/C10H17NO6/c1-4-17-10(14)11(7-9(13)16-3)6-5-8(12)15-2/h4-7H2,1-3H3. The average Bonchev–Trinajstić information content (AvgIpc) is 2.33. The topological polar surface area (TPSA) is 82.1 Å². The van der Waals surface area contributed by atoms with Gasteiger partial charge in [0, 0.05) is 6.54 Å². The van der Waals surface area contributed by atoms with Crippen LogP contribution in [0, 0.1) is 0 Å². The van der Waals surface area contributed by atoms with Crippen LogP contribution in [0.5, 0.6) is 0 Å². The van der Waals surface area contributed by atoms with Crippen molar-refractivity contribution in [2.75, 3.05) is 33.9 Å². The SMILES string of the molecule is CCOC(=O)N(CCC(=O)OC)CC(=O)OC. The maximum absolute atomic E-state index is 11.4. The number of carbonyl (C=O) groups is 3. The van der Waals surface area contributed by atoms with Crippen molar-refractivity contribution >= 4 is 18.0 Å². The minimum Gasteiger partial charge on any atom is -0.469 e. The van der Waals surface area contributed by atoms with Gasteiger partial charge in [-0.05, 0) is 6.92 Å². The summed E-state index contributed by atoms with van der Waals surface area (Å²) in [6.07, 6.45) is -0.673. The van der Waals surface area contributed by atoms with E-state index >= 15 is 0 Å². The number of ether oxygens (including phenoxy) is 3. The van der Waals surface area contributed by atoms with Crippen LogP contribution in [-0.2, 0) is 23.8 Å². The zero-order valence-corrected chi connectivity index (χ0v) is 10.2. The van der Waals surface area contributed by atoms with E-state index < -0.39 is 18.0 Å². The van der Waals surface area contributed by atoms with Gasteiger partial charge in [-0.25, -0.2) is 4.79 Å². The first kappa shape index (κ1) is 15.2. The summed E-state index contributed by atoms with van der Waals surface area (Å²) >= 11 is 0. The van der Waals surface area contributed by atoms with E-state index in [4.69, 9.17) is 4.74 Å². The number of esters is 2. The van der Waals surface area contributed by atoms with Crippen molar-refractivity contribution in [3.63, 3.8) is 0 Å². The molecule has 0 aromatic rings. The molecule has 0 unspecified atom stereocenters. The highest BCUT2D eigenvalue weighted by Gasteiger charge is 2.19. The number of rotatable bonds is 6. The number of methoxy groups -OCH3 is 2. The van der Waals surface area contributed by atoms with Gasteiger partial charge >= 0.3 is 18.0 Å². The third-order valence-electron chi connectivity index (χ3n) is 1.89. The summed E-state index contributed by atoms with van der Waals surface area (Å²) in [6, 6.07) is 0. The van der Waals surface area contributed by atoms with Gasteiger partial charge in [-0.1, -0.05) is 0 Å². The molecular formula is C10H17NO6. The van der Waals surface area contributed by atoms with Crippen molar-refractivity contribution in [1.29, 1.82) is 0 Å². The molecule has 0 atom stereocenters. The summed E-state index contributed by atoms with van der Waals surface area (Å²) < 4.78 is 13.6. The maximum atomic E-state index is 11.4. The lowest BCUT2D eigenvalue weighted by Crippen LogP contribution is -2.38. The number of hydrogen-bond acceptors (Lipinski definition) is 6. The predicted octanol–water partition coefficient (Wildman–Crippen LogP) is 0.181. The van der Waals surface area contributed by atoms with Crippen molar-refractivity contribution in [2.24, 2.45) is 0 Å². The number of carbonyl (C=O) groups excluding carboxylic acids is 3. The molecule has 7 heteroatoms. The summed E-state index contributed by atoms with van der Waals surface area (Å²) in [5, 5.41) is 0. The Kier molecular flexibility index (Phi) is 7.49. The van der Waals surface area contributed by atoms with Gasteiger partial charge in [0.25, 0.3) is 0 Å². The normalized spacial score (nSPS) is 9.35. The molecule has 0 aromatic carbocycles. The second-order valence-corrected chi connectivity index (χ2v) is 3.02. The fraction of sp³-hybridized carbons (Fsp3) is 0.700. The molecule has 0 aliphatic carbocycles. The summed E-state index contributed by atoms with van der Waals surface area (Å²) in [5.41, 5.74) is 0. The molecule has 0 aliphatic heterocycles. The Bertz CT molecular complexity index is 278. The molecule has 0 spiro atoms. The molecule has 1 amide bonds. The summed E-state index contributed by atoms with van der Waals surface area (Å²) in [6.45, 7) is 1.62. The van der Waals surface area contributed by atoms with Crippen molar-refractivity contribution in [3.8, 4) is 0 Å². The second-order valence-electron chi connectivity index (χ2n) is 3.02. The van der Waals surface area contributed by atoms with E-state index in [0.717, 1.165) is 4.90 Å². The molecular weight excluding hydrogens is 230 g/mol. The number of hydrogen-bond donors (Lipinski definition) is 0. The molecule has 98 valence electrons. The van der Waals surface area contributed by atoms with Gasteiger partial charge in [-0.2, -0.15) is 0 Å². The number of amides is 1. The molecule has 0 rings (SSSR count). The molecule has 0 radical (unpaired) electrons. The molecule has 0 saturated heterocycles. The third-order valence-corrected chi connectivity index (χ3v) is 1.89. The van der Waals surface area contributed by atoms with Crippen LogP contribution in [0.25, 0.3) is 0 Å². The zero-order valence-electron chi connectivity index (χ0n) is 10.2. The Morgan fingerprint density at radius 2 is 1.65 bits per heavy atom. The van der Waals surface area contributed by atoms with Gasteiger partial charge < -0.3 is 14.2 Å². The van der Waals surface area contributed by atoms with Gasteiger partial charge in [0.05, 0.1) is 27.2 Å². The Hall–Kier alpha value is -1.79. The van der Waals surface area contributed by atoms with Crippen molar-refractivity contribution in [3.05, 3.63) is 0 Å². The Morgan fingerprint density at radius 3 is 2.12 bits per heavy atom. The van der Waals surface area contributed by atoms with E-state index in [1.807, 2.05) is 0 Å². The first-order valence-electron chi connectivity index (χ1n) is 5.10. The first-order chi connectivity index (χ1) is 8.04. The zero-order chi connectivity index (χ0) is 13.3. The third kappa shape index (κ3) is 6.39. The van der Waals surface area contributed by atoms with Gasteiger partial charge in [-0.3, -0.25) is 14.5 Å². The van der Waals surface area contributed by atoms with Gasteiger partial charge in [0.15, 0.2) is 0 Å². The van der Waals surface area contributed by atoms with E-state index in [1.165, 1.54) is 14.2 Å². The Morgan fingerprint density at radius 1 is 1.06 bits per heavy atom. The van der Waals surface area contributed by atoms with E-state index in [2.05, 4.69) is 9.47 Å². The van der Waals surface area contributed by atoms with Gasteiger partial charge in [-0.15, -0.1) is 0 Å². The van der Waals surface area contributed by atoms with E-state index in [1.54, 1.807) is 6.92 Å². The molecule has 0 aromatic heterocycles. The monoisotopic (exact) mass is 247 g/mol. The van der Waals surface area contributed by atoms with Crippen LogP contribution in [0.1, 0.15) is 13.3 Å². The summed E-state index contributed by atoms with van der Waals surface area (Å²) in [5.74, 6) is -1.05. The van der Waals surface area contributed by atoms with Crippen LogP contribution >= 0.6 is 0 Å². The van der Waals surface area contributed by atoms with Crippen molar-refractivity contribution in [1.82, 2.24) is 4.90 Å². The Balaban J connectivity index is 4.34. The van der Waals surface area contributed by atoms with Crippen LogP contribution in [0.15, 0.2) is 0 Å². The minimum atomic E-state index is -0.665. The molecule has 7 nitrogen and oxygen atoms in total. The first-order valence-corrected chi connectivity index (χ1v) is 5.10. The smallest absolute Gasteiger partial charge is 0.410 e. The largest absolute Gasteiger partial charge is 0.469 e. The average molecular weight is 247 g/mol. The fourth-order valence-corrected chi connectivity index (χ4v) is 0.998. The van der Waals surface area contributed by atoms with Crippen LogP contribution in [-0.4, -0.2) is 56.8 Å². The number of nitrogens with zero attached hydrogens (tertiary/aromatic N) is 1. The fourth-order valence-electron chi connectivity index (χ4n) is 0.998. The Labute approximate surface area is 99.6 Å². The molecule has 0 heterocycles. The van der Waals surface area contributed by atoms with Crippen molar-refractivity contribution < 1.29 is 28.6 Å². The van der Waals surface area contributed by atoms with Crippen LogP contribution in [0.2, 0.25) is 0 Å². The highest BCUT2D eigenvalue weighted by Crippen LogP contribution is 1.98. The van der Waals surface area contributed by atoms with Gasteiger partial charge in [0.2, 0.25) is 0 Å². The van der Waals surface area contributed by atoms with Crippen LogP contribution in [0.3, 0.4) is 0 Å². The van der Waals surface area contributed by atoms with Gasteiger partial charge in [0.1, 0.15) is 6.54 Å². The van der Waals surface area contributed by atoms with Crippen molar-refractivity contribution in [2.45, 2.75) is 13.3 Å². The van der Waals surface area contributed by atoms with E-state index in [0.29, 0.717) is 0 Å². The lowest BCUT2D eigenvalue weighted by atomic mass is 10.4. The molecule has 0 bridgehead atoms. The quantitative estimate of drug-likeness (QED) is 0.492.